The van der Waals surface area contributed by atoms with Crippen molar-refractivity contribution in [3.63, 3.8) is 0 Å². The van der Waals surface area contributed by atoms with E-state index in [1.165, 1.54) is 0 Å². The van der Waals surface area contributed by atoms with E-state index >= 15 is 0 Å². The van der Waals surface area contributed by atoms with Gasteiger partial charge in [-0.15, -0.1) is 12.4 Å². The zero-order valence-electron chi connectivity index (χ0n) is 13.5. The minimum Gasteiger partial charge on any atom is -0.341 e. The summed E-state index contributed by atoms with van der Waals surface area (Å²) >= 11 is 5.87. The van der Waals surface area contributed by atoms with Crippen LogP contribution in [0, 0.1) is 5.92 Å². The standard InChI is InChI=1S/C17H22ClN3O2.ClH/c18-15-4-2-13(3-5-15)16(22)20-8-1-9-21(11-10-20)17(23)14-6-7-19-12-14;/h2-5,14,19H,1,6-12H2;1H. The fourth-order valence-corrected chi connectivity index (χ4v) is 3.37. The van der Waals surface area contributed by atoms with E-state index in [1.54, 1.807) is 24.3 Å². The zero-order chi connectivity index (χ0) is 16.2. The van der Waals surface area contributed by atoms with Gasteiger partial charge in [0.15, 0.2) is 0 Å². The summed E-state index contributed by atoms with van der Waals surface area (Å²) in [5.74, 6) is 0.350. The molecule has 1 N–H and O–H groups in total. The van der Waals surface area contributed by atoms with Crippen LogP contribution in [0.2, 0.25) is 5.02 Å². The van der Waals surface area contributed by atoms with Gasteiger partial charge in [-0.3, -0.25) is 9.59 Å². The summed E-state index contributed by atoms with van der Waals surface area (Å²) in [5, 5.41) is 3.86. The lowest BCUT2D eigenvalue weighted by Crippen LogP contribution is -2.40. The first-order valence-electron chi connectivity index (χ1n) is 8.19. The van der Waals surface area contributed by atoms with Crippen molar-refractivity contribution in [2.75, 3.05) is 39.3 Å². The Labute approximate surface area is 153 Å². The van der Waals surface area contributed by atoms with Gasteiger partial charge in [0.1, 0.15) is 0 Å². The number of nitrogens with one attached hydrogen (secondary N) is 1. The number of hydrogen-bond donors (Lipinski definition) is 1. The lowest BCUT2D eigenvalue weighted by molar-refractivity contribution is -0.134. The minimum atomic E-state index is 0. The van der Waals surface area contributed by atoms with Crippen LogP contribution in [0.3, 0.4) is 0 Å². The molecule has 2 heterocycles. The van der Waals surface area contributed by atoms with Crippen LogP contribution in [0.25, 0.3) is 0 Å². The molecule has 2 amide bonds. The van der Waals surface area contributed by atoms with Gasteiger partial charge in [0, 0.05) is 43.3 Å². The average molecular weight is 372 g/mol. The molecule has 2 saturated heterocycles. The topological polar surface area (TPSA) is 52.7 Å². The van der Waals surface area contributed by atoms with E-state index in [0.29, 0.717) is 30.2 Å². The summed E-state index contributed by atoms with van der Waals surface area (Å²) in [6, 6.07) is 6.97. The predicted octanol–water partition coefficient (Wildman–Crippen LogP) is 2.05. The number of nitrogens with zero attached hydrogens (tertiary/aromatic N) is 2. The smallest absolute Gasteiger partial charge is 0.253 e. The maximum Gasteiger partial charge on any atom is 0.253 e. The fraction of sp³-hybridized carbons (Fsp3) is 0.529. The summed E-state index contributed by atoms with van der Waals surface area (Å²) in [7, 11) is 0. The monoisotopic (exact) mass is 371 g/mol. The second kappa shape index (κ2) is 8.70. The lowest BCUT2D eigenvalue weighted by atomic mass is 10.1. The summed E-state index contributed by atoms with van der Waals surface area (Å²) < 4.78 is 0. The number of carbonyl (C=O) groups is 2. The van der Waals surface area contributed by atoms with Gasteiger partial charge in [-0.2, -0.15) is 0 Å². The molecule has 1 unspecified atom stereocenters. The summed E-state index contributed by atoms with van der Waals surface area (Å²) in [6.07, 6.45) is 1.74. The molecule has 0 spiro atoms. The van der Waals surface area contributed by atoms with Crippen molar-refractivity contribution in [2.45, 2.75) is 12.8 Å². The highest BCUT2D eigenvalue weighted by Crippen LogP contribution is 2.16. The van der Waals surface area contributed by atoms with Crippen LogP contribution in [0.4, 0.5) is 0 Å². The zero-order valence-corrected chi connectivity index (χ0v) is 15.1. The molecule has 2 aliphatic heterocycles. The van der Waals surface area contributed by atoms with Crippen LogP contribution in [-0.2, 0) is 4.79 Å². The van der Waals surface area contributed by atoms with Crippen molar-refractivity contribution in [1.82, 2.24) is 15.1 Å². The maximum atomic E-state index is 12.6. The van der Waals surface area contributed by atoms with Crippen molar-refractivity contribution >= 4 is 35.8 Å². The second-order valence-electron chi connectivity index (χ2n) is 6.17. The first-order valence-corrected chi connectivity index (χ1v) is 8.57. The predicted molar refractivity (Wildman–Crippen MR) is 96.8 cm³/mol. The van der Waals surface area contributed by atoms with Crippen LogP contribution in [0.15, 0.2) is 24.3 Å². The molecule has 2 fully saturated rings. The van der Waals surface area contributed by atoms with E-state index in [9.17, 15) is 9.59 Å². The molecular formula is C17H23Cl2N3O2. The molecule has 0 aromatic heterocycles. The van der Waals surface area contributed by atoms with E-state index in [1.807, 2.05) is 9.80 Å². The molecule has 0 bridgehead atoms. The molecule has 1 atom stereocenters. The largest absolute Gasteiger partial charge is 0.341 e. The Kier molecular flexibility index (Phi) is 6.90. The van der Waals surface area contributed by atoms with Crippen LogP contribution in [-0.4, -0.2) is 60.9 Å². The number of halogens is 2. The molecule has 1 aromatic carbocycles. The number of benzene rings is 1. The highest BCUT2D eigenvalue weighted by Gasteiger charge is 2.29. The van der Waals surface area contributed by atoms with E-state index in [0.717, 1.165) is 32.5 Å². The third-order valence-electron chi connectivity index (χ3n) is 4.60. The highest BCUT2D eigenvalue weighted by molar-refractivity contribution is 6.30. The number of carbonyl (C=O) groups excluding carboxylic acids is 2. The molecule has 3 rings (SSSR count). The molecule has 0 saturated carbocycles. The lowest BCUT2D eigenvalue weighted by Gasteiger charge is -2.24. The summed E-state index contributed by atoms with van der Waals surface area (Å²) in [6.45, 7) is 4.34. The van der Waals surface area contributed by atoms with Crippen LogP contribution < -0.4 is 5.32 Å². The molecule has 2 aliphatic rings. The Balaban J connectivity index is 0.00000208. The van der Waals surface area contributed by atoms with Gasteiger partial charge in [0.05, 0.1) is 5.92 Å². The average Bonchev–Trinajstić information content (AvgIpc) is 2.99. The molecule has 5 nitrogen and oxygen atoms in total. The van der Waals surface area contributed by atoms with E-state index in [-0.39, 0.29) is 30.1 Å². The Morgan fingerprint density at radius 1 is 1.04 bits per heavy atom. The van der Waals surface area contributed by atoms with Gasteiger partial charge >= 0.3 is 0 Å². The quantitative estimate of drug-likeness (QED) is 0.865. The van der Waals surface area contributed by atoms with E-state index in [4.69, 9.17) is 11.6 Å². The first kappa shape index (κ1) is 19.0. The Morgan fingerprint density at radius 2 is 1.71 bits per heavy atom. The van der Waals surface area contributed by atoms with E-state index < -0.39 is 0 Å². The molecule has 0 radical (unpaired) electrons. The molecular weight excluding hydrogens is 349 g/mol. The van der Waals surface area contributed by atoms with Crippen molar-refractivity contribution in [2.24, 2.45) is 5.92 Å². The van der Waals surface area contributed by atoms with Gasteiger partial charge < -0.3 is 15.1 Å². The van der Waals surface area contributed by atoms with Crippen molar-refractivity contribution in [1.29, 1.82) is 0 Å². The van der Waals surface area contributed by atoms with Crippen LogP contribution in [0.5, 0.6) is 0 Å². The molecule has 24 heavy (non-hydrogen) atoms. The van der Waals surface area contributed by atoms with Crippen molar-refractivity contribution < 1.29 is 9.59 Å². The van der Waals surface area contributed by atoms with Gasteiger partial charge in [-0.05, 0) is 43.7 Å². The molecule has 0 aliphatic carbocycles. The van der Waals surface area contributed by atoms with E-state index in [2.05, 4.69) is 5.32 Å². The highest BCUT2D eigenvalue weighted by atomic mass is 35.5. The third kappa shape index (κ3) is 4.41. The SMILES string of the molecule is Cl.O=C(c1ccc(Cl)cc1)N1CCCN(C(=O)C2CCNC2)CC1. The second-order valence-corrected chi connectivity index (χ2v) is 6.60. The summed E-state index contributed by atoms with van der Waals surface area (Å²) in [4.78, 5) is 28.8. The van der Waals surface area contributed by atoms with Gasteiger partial charge in [-0.25, -0.2) is 0 Å². The first-order chi connectivity index (χ1) is 11.1. The van der Waals surface area contributed by atoms with Gasteiger partial charge in [0.25, 0.3) is 5.91 Å². The number of hydrogen-bond acceptors (Lipinski definition) is 3. The fourth-order valence-electron chi connectivity index (χ4n) is 3.24. The molecule has 132 valence electrons. The van der Waals surface area contributed by atoms with Crippen LogP contribution in [0.1, 0.15) is 23.2 Å². The molecule has 1 aromatic rings. The minimum absolute atomic E-state index is 0. The third-order valence-corrected chi connectivity index (χ3v) is 4.85. The Bertz CT molecular complexity index is 574. The Hall–Kier alpha value is -1.30. The summed E-state index contributed by atoms with van der Waals surface area (Å²) in [5.41, 5.74) is 0.647. The van der Waals surface area contributed by atoms with Crippen molar-refractivity contribution in [3.05, 3.63) is 34.9 Å². The van der Waals surface area contributed by atoms with Gasteiger partial charge in [-0.1, -0.05) is 11.6 Å². The van der Waals surface area contributed by atoms with Crippen LogP contribution >= 0.6 is 24.0 Å². The number of rotatable bonds is 2. The maximum absolute atomic E-state index is 12.6. The Morgan fingerprint density at radius 3 is 2.38 bits per heavy atom. The van der Waals surface area contributed by atoms with Crippen molar-refractivity contribution in [3.8, 4) is 0 Å². The number of amides is 2. The normalized spacial score (nSPS) is 21.1. The molecule has 7 heteroatoms. The van der Waals surface area contributed by atoms with Gasteiger partial charge in [0.2, 0.25) is 5.91 Å².